The summed E-state index contributed by atoms with van der Waals surface area (Å²) < 4.78 is 11.8. The van der Waals surface area contributed by atoms with Gasteiger partial charge in [-0.05, 0) is 18.9 Å². The molecule has 2 aliphatic heterocycles. The van der Waals surface area contributed by atoms with Crippen LogP contribution >= 0.6 is 0 Å². The zero-order valence-corrected chi connectivity index (χ0v) is 9.82. The van der Waals surface area contributed by atoms with Gasteiger partial charge in [0.2, 0.25) is 0 Å². The number of rotatable bonds is 0. The molecule has 2 heterocycles. The summed E-state index contributed by atoms with van der Waals surface area (Å²) in [6, 6.07) is 0.236. The zero-order valence-electron chi connectivity index (χ0n) is 9.82. The molecule has 0 radical (unpaired) electrons. The Hall–Kier alpha value is -0.870. The van der Waals surface area contributed by atoms with Crippen LogP contribution in [0.2, 0.25) is 0 Å². The van der Waals surface area contributed by atoms with E-state index < -0.39 is 5.79 Å². The molecule has 1 N–H and O–H groups in total. The maximum absolute atomic E-state index is 5.91. The molecule has 88 valence electrons. The fraction of sp³-hybridized carbons (Fsp3) is 0.750. The van der Waals surface area contributed by atoms with E-state index in [1.807, 2.05) is 6.92 Å². The topological polar surface area (TPSA) is 42.9 Å². The Bertz CT molecular complexity index is 356. The molecule has 2 atom stereocenters. The quantitative estimate of drug-likeness (QED) is 0.674. The van der Waals surface area contributed by atoms with Crippen LogP contribution in [0.15, 0.2) is 16.8 Å². The maximum atomic E-state index is 5.91. The number of aliphatic imine (C=N–C) groups is 1. The predicted molar refractivity (Wildman–Crippen MR) is 61.1 cm³/mol. The van der Waals surface area contributed by atoms with Crippen molar-refractivity contribution in [1.29, 1.82) is 0 Å². The number of fused-ring (bicyclic) bond motifs is 1. The Morgan fingerprint density at radius 3 is 2.94 bits per heavy atom. The molecule has 0 aromatic heterocycles. The minimum absolute atomic E-state index is 0.236. The molecule has 1 saturated carbocycles. The Balaban J connectivity index is 1.90. The van der Waals surface area contributed by atoms with Gasteiger partial charge in [-0.15, -0.1) is 0 Å². The second-order valence-corrected chi connectivity index (χ2v) is 4.85. The third-order valence-electron chi connectivity index (χ3n) is 3.78. The first kappa shape index (κ1) is 10.3. The van der Waals surface area contributed by atoms with Crippen LogP contribution in [0.5, 0.6) is 0 Å². The molecule has 4 nitrogen and oxygen atoms in total. The lowest BCUT2D eigenvalue weighted by atomic mass is 10.00. The van der Waals surface area contributed by atoms with Crippen LogP contribution < -0.4 is 5.32 Å². The Kier molecular flexibility index (Phi) is 2.30. The summed E-state index contributed by atoms with van der Waals surface area (Å²) in [4.78, 5) is 4.65. The lowest BCUT2D eigenvalue weighted by molar-refractivity contribution is -0.281. The summed E-state index contributed by atoms with van der Waals surface area (Å²) in [5.74, 6) is 0.870. The smallest absolute Gasteiger partial charge is 0.176 e. The van der Waals surface area contributed by atoms with E-state index in [0.29, 0.717) is 5.92 Å². The second-order valence-electron chi connectivity index (χ2n) is 4.85. The van der Waals surface area contributed by atoms with Crippen molar-refractivity contribution < 1.29 is 9.47 Å². The summed E-state index contributed by atoms with van der Waals surface area (Å²) in [6.45, 7) is 5.79. The normalized spacial score (nSPS) is 36.4. The van der Waals surface area contributed by atoms with Crippen molar-refractivity contribution in [2.45, 2.75) is 38.5 Å². The summed E-state index contributed by atoms with van der Waals surface area (Å²) in [5.41, 5.74) is 1.31. The molecule has 1 spiro atoms. The van der Waals surface area contributed by atoms with Gasteiger partial charge in [0.15, 0.2) is 5.79 Å². The molecular formula is C12H18N2O2. The first-order valence-electron chi connectivity index (χ1n) is 5.99. The molecule has 16 heavy (non-hydrogen) atoms. The summed E-state index contributed by atoms with van der Waals surface area (Å²) in [5, 5.41) is 3.17. The second kappa shape index (κ2) is 3.57. The van der Waals surface area contributed by atoms with Gasteiger partial charge >= 0.3 is 0 Å². The van der Waals surface area contributed by atoms with Crippen molar-refractivity contribution in [3.63, 3.8) is 0 Å². The van der Waals surface area contributed by atoms with Crippen molar-refractivity contribution in [3.8, 4) is 0 Å². The molecule has 0 aromatic carbocycles. The molecule has 2 unspecified atom stereocenters. The van der Waals surface area contributed by atoms with Gasteiger partial charge in [0.25, 0.3) is 0 Å². The Morgan fingerprint density at radius 1 is 1.44 bits per heavy atom. The third-order valence-corrected chi connectivity index (χ3v) is 3.78. The number of amidine groups is 1. The number of nitrogens with zero attached hydrogens (tertiary/aromatic N) is 1. The lowest BCUT2D eigenvalue weighted by Gasteiger charge is -2.37. The van der Waals surface area contributed by atoms with E-state index in [2.05, 4.69) is 23.4 Å². The molecular weight excluding hydrogens is 204 g/mol. The van der Waals surface area contributed by atoms with E-state index in [9.17, 15) is 0 Å². The summed E-state index contributed by atoms with van der Waals surface area (Å²) >= 11 is 0. The van der Waals surface area contributed by atoms with E-state index in [1.165, 1.54) is 5.57 Å². The molecule has 3 aliphatic rings. The van der Waals surface area contributed by atoms with E-state index in [1.54, 1.807) is 0 Å². The lowest BCUT2D eigenvalue weighted by Crippen LogP contribution is -2.44. The van der Waals surface area contributed by atoms with Gasteiger partial charge in [0.1, 0.15) is 0 Å². The number of nitrogens with one attached hydrogen (secondary N) is 1. The SMILES string of the molecule is CC1=NC2C(=CN1)CC1(OCCCO1)C2C. The van der Waals surface area contributed by atoms with Crippen LogP contribution in [0, 0.1) is 5.92 Å². The van der Waals surface area contributed by atoms with Gasteiger partial charge in [-0.1, -0.05) is 6.92 Å². The van der Waals surface area contributed by atoms with E-state index >= 15 is 0 Å². The van der Waals surface area contributed by atoms with Gasteiger partial charge in [-0.25, -0.2) is 0 Å². The first-order valence-corrected chi connectivity index (χ1v) is 5.99. The standard InChI is InChI=1S/C12H18N2O2/c1-8-11-10(7-13-9(2)14-11)6-12(8)15-4-3-5-16-12/h7-8,11H,3-6H2,1-2H3,(H,13,14). The van der Waals surface area contributed by atoms with Crippen LogP contribution in [0.25, 0.3) is 0 Å². The number of hydrogen-bond acceptors (Lipinski definition) is 4. The summed E-state index contributed by atoms with van der Waals surface area (Å²) in [6.07, 6.45) is 3.92. The highest BCUT2D eigenvalue weighted by Gasteiger charge is 2.52. The van der Waals surface area contributed by atoms with Crippen LogP contribution in [0.4, 0.5) is 0 Å². The molecule has 1 aliphatic carbocycles. The largest absolute Gasteiger partial charge is 0.351 e. The van der Waals surface area contributed by atoms with E-state index in [4.69, 9.17) is 9.47 Å². The van der Waals surface area contributed by atoms with Gasteiger partial charge in [0.05, 0.1) is 25.1 Å². The van der Waals surface area contributed by atoms with Gasteiger partial charge in [-0.2, -0.15) is 0 Å². The van der Waals surface area contributed by atoms with Gasteiger partial charge in [0, 0.05) is 18.5 Å². The van der Waals surface area contributed by atoms with Crippen LogP contribution in [0.1, 0.15) is 26.7 Å². The Labute approximate surface area is 95.7 Å². The average Bonchev–Trinajstić information content (AvgIpc) is 2.55. The van der Waals surface area contributed by atoms with E-state index in [-0.39, 0.29) is 6.04 Å². The highest BCUT2D eigenvalue weighted by molar-refractivity contribution is 5.82. The van der Waals surface area contributed by atoms with Crippen molar-refractivity contribution >= 4 is 5.84 Å². The molecule has 0 aromatic rings. The predicted octanol–water partition coefficient (Wildman–Crippen LogP) is 1.43. The number of ether oxygens (including phenoxy) is 2. The minimum Gasteiger partial charge on any atom is -0.351 e. The number of hydrogen-bond donors (Lipinski definition) is 1. The maximum Gasteiger partial charge on any atom is 0.176 e. The van der Waals surface area contributed by atoms with Crippen molar-refractivity contribution in [3.05, 3.63) is 11.8 Å². The zero-order chi connectivity index (χ0) is 11.2. The van der Waals surface area contributed by atoms with Gasteiger partial charge < -0.3 is 14.8 Å². The fourth-order valence-corrected chi connectivity index (χ4v) is 2.84. The van der Waals surface area contributed by atoms with Gasteiger partial charge in [-0.3, -0.25) is 4.99 Å². The highest BCUT2D eigenvalue weighted by Crippen LogP contribution is 2.46. The fourth-order valence-electron chi connectivity index (χ4n) is 2.84. The summed E-state index contributed by atoms with van der Waals surface area (Å²) in [7, 11) is 0. The van der Waals surface area contributed by atoms with Crippen molar-refractivity contribution in [1.82, 2.24) is 5.32 Å². The molecule has 0 bridgehead atoms. The molecule has 1 saturated heterocycles. The Morgan fingerprint density at radius 2 is 2.19 bits per heavy atom. The van der Waals surface area contributed by atoms with Crippen molar-refractivity contribution in [2.75, 3.05) is 13.2 Å². The molecule has 0 amide bonds. The van der Waals surface area contributed by atoms with Crippen LogP contribution in [-0.2, 0) is 9.47 Å². The minimum atomic E-state index is -0.412. The molecule has 3 rings (SSSR count). The van der Waals surface area contributed by atoms with E-state index in [0.717, 1.165) is 31.9 Å². The molecule has 4 heteroatoms. The first-order chi connectivity index (χ1) is 7.71. The highest BCUT2D eigenvalue weighted by atomic mass is 16.7. The third kappa shape index (κ3) is 1.40. The van der Waals surface area contributed by atoms with Crippen LogP contribution in [0.3, 0.4) is 0 Å². The van der Waals surface area contributed by atoms with Crippen LogP contribution in [-0.4, -0.2) is 30.9 Å². The average molecular weight is 222 g/mol. The molecule has 2 fully saturated rings. The van der Waals surface area contributed by atoms with Crippen molar-refractivity contribution in [2.24, 2.45) is 10.9 Å². The monoisotopic (exact) mass is 222 g/mol.